The predicted molar refractivity (Wildman–Crippen MR) is 90.7 cm³/mol. The van der Waals surface area contributed by atoms with Gasteiger partial charge in [-0.05, 0) is 53.6 Å². The Morgan fingerprint density at radius 2 is 1.74 bits per heavy atom. The monoisotopic (exact) mass is 327 g/mol. The van der Waals surface area contributed by atoms with E-state index >= 15 is 0 Å². The van der Waals surface area contributed by atoms with Crippen LogP contribution >= 0.6 is 0 Å². The number of piperidine rings is 1. The van der Waals surface area contributed by atoms with E-state index < -0.39 is 5.60 Å². The van der Waals surface area contributed by atoms with Crippen LogP contribution in [0.3, 0.4) is 0 Å². The van der Waals surface area contributed by atoms with E-state index in [1.54, 1.807) is 4.90 Å². The quantitative estimate of drug-likeness (QED) is 0.852. The third kappa shape index (κ3) is 6.28. The molecular weight excluding hydrogens is 294 g/mol. The molecule has 0 aromatic rings. The first-order chi connectivity index (χ1) is 10.8. The SMILES string of the molecule is CC(C)(C)OC(=O)N1CCN(CCOC2(C)CCNCC2)CC1. The van der Waals surface area contributed by atoms with Crippen LogP contribution in [0.5, 0.6) is 0 Å². The number of rotatable bonds is 4. The maximum absolute atomic E-state index is 12.0. The topological polar surface area (TPSA) is 54.0 Å². The zero-order valence-electron chi connectivity index (χ0n) is 15.2. The molecule has 0 radical (unpaired) electrons. The summed E-state index contributed by atoms with van der Waals surface area (Å²) in [7, 11) is 0. The number of hydrogen-bond acceptors (Lipinski definition) is 5. The molecule has 1 amide bonds. The van der Waals surface area contributed by atoms with Crippen molar-refractivity contribution in [3.05, 3.63) is 0 Å². The minimum atomic E-state index is -0.424. The molecule has 2 saturated heterocycles. The molecule has 0 atom stereocenters. The van der Waals surface area contributed by atoms with E-state index in [1.165, 1.54) is 0 Å². The van der Waals surface area contributed by atoms with Crippen molar-refractivity contribution in [2.75, 3.05) is 52.4 Å². The summed E-state index contributed by atoms with van der Waals surface area (Å²) in [5.74, 6) is 0. The van der Waals surface area contributed by atoms with Crippen molar-refractivity contribution in [1.82, 2.24) is 15.1 Å². The van der Waals surface area contributed by atoms with E-state index in [1.807, 2.05) is 20.8 Å². The van der Waals surface area contributed by atoms with E-state index in [-0.39, 0.29) is 11.7 Å². The molecule has 0 aromatic carbocycles. The van der Waals surface area contributed by atoms with Crippen molar-refractivity contribution in [3.8, 4) is 0 Å². The molecule has 0 unspecified atom stereocenters. The van der Waals surface area contributed by atoms with Crippen molar-refractivity contribution < 1.29 is 14.3 Å². The smallest absolute Gasteiger partial charge is 0.410 e. The van der Waals surface area contributed by atoms with Gasteiger partial charge in [-0.3, -0.25) is 4.90 Å². The Morgan fingerprint density at radius 3 is 2.30 bits per heavy atom. The van der Waals surface area contributed by atoms with Crippen molar-refractivity contribution >= 4 is 6.09 Å². The zero-order valence-corrected chi connectivity index (χ0v) is 15.2. The third-order valence-electron chi connectivity index (χ3n) is 4.54. The maximum Gasteiger partial charge on any atom is 0.410 e. The maximum atomic E-state index is 12.0. The minimum Gasteiger partial charge on any atom is -0.444 e. The molecule has 0 aliphatic carbocycles. The first-order valence-corrected chi connectivity index (χ1v) is 8.82. The Morgan fingerprint density at radius 1 is 1.13 bits per heavy atom. The van der Waals surface area contributed by atoms with Crippen LogP contribution in [0.1, 0.15) is 40.5 Å². The van der Waals surface area contributed by atoms with Gasteiger partial charge >= 0.3 is 6.09 Å². The lowest BCUT2D eigenvalue weighted by atomic mass is 9.95. The highest BCUT2D eigenvalue weighted by molar-refractivity contribution is 5.68. The van der Waals surface area contributed by atoms with Crippen LogP contribution in [0, 0.1) is 0 Å². The highest BCUT2D eigenvalue weighted by Gasteiger charge is 2.28. The molecule has 0 bridgehead atoms. The first-order valence-electron chi connectivity index (χ1n) is 8.82. The zero-order chi connectivity index (χ0) is 16.9. The molecule has 0 aromatic heterocycles. The number of piperazine rings is 1. The molecule has 2 rings (SSSR count). The Bertz CT molecular complexity index is 381. The fraction of sp³-hybridized carbons (Fsp3) is 0.941. The second-order valence-corrected chi connectivity index (χ2v) is 7.86. The molecule has 1 N–H and O–H groups in total. The summed E-state index contributed by atoms with van der Waals surface area (Å²) in [6.07, 6.45) is 1.97. The predicted octanol–water partition coefficient (Wildman–Crippen LogP) is 1.70. The van der Waals surface area contributed by atoms with Gasteiger partial charge in [0.1, 0.15) is 5.60 Å². The van der Waals surface area contributed by atoms with Gasteiger partial charge in [-0.1, -0.05) is 0 Å². The molecule has 6 heteroatoms. The summed E-state index contributed by atoms with van der Waals surface area (Å²) in [5.41, 5.74) is -0.393. The first kappa shape index (κ1) is 18.5. The summed E-state index contributed by atoms with van der Waals surface area (Å²) in [6.45, 7) is 15.0. The van der Waals surface area contributed by atoms with E-state index in [2.05, 4.69) is 17.1 Å². The largest absolute Gasteiger partial charge is 0.444 e. The number of nitrogens with zero attached hydrogens (tertiary/aromatic N) is 2. The number of nitrogens with one attached hydrogen (secondary N) is 1. The summed E-state index contributed by atoms with van der Waals surface area (Å²) in [5, 5.41) is 3.37. The van der Waals surface area contributed by atoms with Crippen LogP contribution in [0.25, 0.3) is 0 Å². The number of hydrogen-bond donors (Lipinski definition) is 1. The lowest BCUT2D eigenvalue weighted by molar-refractivity contribution is -0.0605. The molecule has 0 saturated carbocycles. The Labute approximate surface area is 140 Å². The molecule has 6 nitrogen and oxygen atoms in total. The average molecular weight is 327 g/mol. The van der Waals surface area contributed by atoms with E-state index in [0.29, 0.717) is 0 Å². The van der Waals surface area contributed by atoms with Crippen LogP contribution in [0.4, 0.5) is 4.79 Å². The molecule has 2 heterocycles. The Hall–Kier alpha value is -0.850. The molecular formula is C17H33N3O3. The summed E-state index contributed by atoms with van der Waals surface area (Å²) >= 11 is 0. The average Bonchev–Trinajstić information content (AvgIpc) is 2.47. The highest BCUT2D eigenvalue weighted by Crippen LogP contribution is 2.22. The van der Waals surface area contributed by atoms with Crippen molar-refractivity contribution in [3.63, 3.8) is 0 Å². The molecule has 2 aliphatic rings. The van der Waals surface area contributed by atoms with Gasteiger partial charge in [0.25, 0.3) is 0 Å². The lowest BCUT2D eigenvalue weighted by Gasteiger charge is -2.37. The molecule has 2 aliphatic heterocycles. The van der Waals surface area contributed by atoms with Crippen LogP contribution in [0.2, 0.25) is 0 Å². The number of carbonyl (C=O) groups excluding carboxylic acids is 1. The van der Waals surface area contributed by atoms with Gasteiger partial charge in [-0.15, -0.1) is 0 Å². The van der Waals surface area contributed by atoms with Crippen LogP contribution in [-0.4, -0.2) is 79.5 Å². The van der Waals surface area contributed by atoms with Gasteiger partial charge in [-0.25, -0.2) is 4.79 Å². The molecule has 23 heavy (non-hydrogen) atoms. The second-order valence-electron chi connectivity index (χ2n) is 7.86. The number of amides is 1. The van der Waals surface area contributed by atoms with Gasteiger partial charge in [-0.2, -0.15) is 0 Å². The Kier molecular flexibility index (Phi) is 6.28. The van der Waals surface area contributed by atoms with Crippen LogP contribution in [-0.2, 0) is 9.47 Å². The van der Waals surface area contributed by atoms with E-state index in [4.69, 9.17) is 9.47 Å². The molecule has 2 fully saturated rings. The number of ether oxygens (including phenoxy) is 2. The summed E-state index contributed by atoms with van der Waals surface area (Å²) in [4.78, 5) is 16.2. The fourth-order valence-electron chi connectivity index (χ4n) is 3.00. The molecule has 0 spiro atoms. The molecule has 134 valence electrons. The lowest BCUT2D eigenvalue weighted by Crippen LogP contribution is -2.51. The van der Waals surface area contributed by atoms with Gasteiger partial charge in [0.2, 0.25) is 0 Å². The summed E-state index contributed by atoms with van der Waals surface area (Å²) in [6, 6.07) is 0. The van der Waals surface area contributed by atoms with E-state index in [0.717, 1.165) is 65.3 Å². The Balaban J connectivity index is 1.64. The van der Waals surface area contributed by atoms with Crippen molar-refractivity contribution in [2.24, 2.45) is 0 Å². The van der Waals surface area contributed by atoms with Gasteiger partial charge < -0.3 is 19.7 Å². The minimum absolute atomic E-state index is 0.0313. The normalized spacial score (nSPS) is 22.9. The second kappa shape index (κ2) is 7.81. The van der Waals surface area contributed by atoms with Crippen molar-refractivity contribution in [1.29, 1.82) is 0 Å². The van der Waals surface area contributed by atoms with Crippen LogP contribution in [0.15, 0.2) is 0 Å². The van der Waals surface area contributed by atoms with Gasteiger partial charge in [0, 0.05) is 32.7 Å². The summed E-state index contributed by atoms with van der Waals surface area (Å²) < 4.78 is 11.6. The fourth-order valence-corrected chi connectivity index (χ4v) is 3.00. The van der Waals surface area contributed by atoms with Gasteiger partial charge in [0.15, 0.2) is 0 Å². The van der Waals surface area contributed by atoms with Crippen molar-refractivity contribution in [2.45, 2.75) is 51.7 Å². The third-order valence-corrected chi connectivity index (χ3v) is 4.54. The van der Waals surface area contributed by atoms with Gasteiger partial charge in [0.05, 0.1) is 12.2 Å². The highest BCUT2D eigenvalue weighted by atomic mass is 16.6. The van der Waals surface area contributed by atoms with E-state index in [9.17, 15) is 4.79 Å². The van der Waals surface area contributed by atoms with Crippen LogP contribution < -0.4 is 5.32 Å². The number of carbonyl (C=O) groups is 1. The standard InChI is InChI=1S/C17H33N3O3/c1-16(2,3)23-15(21)20-11-9-19(10-12-20)13-14-22-17(4)5-7-18-8-6-17/h18H,5-14H2,1-4H3.